The molecule has 0 unspecified atom stereocenters. The van der Waals surface area contributed by atoms with Gasteiger partial charge in [0.05, 0.1) is 22.7 Å². The van der Waals surface area contributed by atoms with E-state index in [1.54, 1.807) is 16.7 Å². The SMILES string of the molecule is C[C@H]1CCCCC/C=C\[C@H]2C[C@@]2(C(=O)NS(=O)(=O)C2(C)CC2)CC(=O)[C@@H]2C[C@@H](OC(=O)N3CCCC3)CN2C1=O. The maximum atomic E-state index is 13.9. The number of fused-ring (bicyclic) bond motifs is 2. The van der Waals surface area contributed by atoms with Gasteiger partial charge in [-0.1, -0.05) is 31.9 Å². The van der Waals surface area contributed by atoms with Crippen molar-refractivity contribution in [3.05, 3.63) is 12.2 Å². The monoisotopic (exact) mass is 577 g/mol. The third kappa shape index (κ3) is 5.81. The minimum atomic E-state index is -3.86. The second kappa shape index (κ2) is 11.1. The van der Waals surface area contributed by atoms with Crippen LogP contribution in [0.4, 0.5) is 4.79 Å². The summed E-state index contributed by atoms with van der Waals surface area (Å²) < 4.78 is 32.9. The van der Waals surface area contributed by atoms with E-state index in [1.165, 1.54) is 0 Å². The fourth-order valence-corrected chi connectivity index (χ4v) is 7.79. The lowest BCUT2D eigenvalue weighted by Crippen LogP contribution is -2.46. The molecule has 2 saturated carbocycles. The van der Waals surface area contributed by atoms with E-state index in [9.17, 15) is 27.6 Å². The summed E-state index contributed by atoms with van der Waals surface area (Å²) in [6, 6.07) is -0.816. The standard InChI is InChI=1S/C29H43N3O7S/c1-20-10-6-4-3-5-7-11-21-17-29(21,26(35)30-40(37,38)28(2)12-13-28)18-24(33)23-16-22(19-32(23)25(20)34)39-27(36)31-14-8-9-15-31/h7,11,20-23H,3-6,8-10,12-19H2,1-2H3,(H,30,35)/b11-7-/t20-,21-,22+,23-,29+/m0/s1. The number of allylic oxidation sites excluding steroid dienone is 2. The lowest BCUT2D eigenvalue weighted by atomic mass is 9.91. The summed E-state index contributed by atoms with van der Waals surface area (Å²) in [4.78, 5) is 56.9. The van der Waals surface area contributed by atoms with E-state index in [4.69, 9.17) is 4.74 Å². The van der Waals surface area contributed by atoms with Crippen molar-refractivity contribution >= 4 is 33.7 Å². The van der Waals surface area contributed by atoms with Crippen molar-refractivity contribution in [1.29, 1.82) is 0 Å². The molecule has 4 fully saturated rings. The number of likely N-dealkylation sites (tertiary alicyclic amines) is 1. The number of carbonyl (C=O) groups is 4. The fourth-order valence-electron chi connectivity index (χ4n) is 6.46. The molecular weight excluding hydrogens is 534 g/mol. The topological polar surface area (TPSA) is 130 Å². The van der Waals surface area contributed by atoms with Crippen LogP contribution < -0.4 is 4.72 Å². The smallest absolute Gasteiger partial charge is 0.410 e. The number of nitrogens with one attached hydrogen (secondary N) is 1. The zero-order chi connectivity index (χ0) is 28.7. The Kier molecular flexibility index (Phi) is 8.07. The second-order valence-electron chi connectivity index (χ2n) is 12.9. The molecule has 3 heterocycles. The van der Waals surface area contributed by atoms with Gasteiger partial charge in [-0.25, -0.2) is 13.2 Å². The highest BCUT2D eigenvalue weighted by Crippen LogP contribution is 2.57. The quantitative estimate of drug-likeness (QED) is 0.508. The van der Waals surface area contributed by atoms with Gasteiger partial charge in [-0.2, -0.15) is 0 Å². The molecule has 0 bridgehead atoms. The summed E-state index contributed by atoms with van der Waals surface area (Å²) in [5.74, 6) is -1.57. The Balaban J connectivity index is 1.37. The molecule has 3 amide bonds. The molecule has 0 spiro atoms. The molecular formula is C29H43N3O7S. The molecule has 11 heteroatoms. The summed E-state index contributed by atoms with van der Waals surface area (Å²) in [7, 11) is -3.86. The van der Waals surface area contributed by atoms with Crippen LogP contribution in [0, 0.1) is 17.3 Å². The Labute approximate surface area is 237 Å². The van der Waals surface area contributed by atoms with E-state index in [1.807, 2.05) is 19.1 Å². The number of sulfonamides is 1. The molecule has 40 heavy (non-hydrogen) atoms. The van der Waals surface area contributed by atoms with Crippen LogP contribution in [-0.2, 0) is 29.1 Å². The summed E-state index contributed by atoms with van der Waals surface area (Å²) in [5.41, 5.74) is -1.16. The van der Waals surface area contributed by atoms with E-state index in [0.717, 1.165) is 38.5 Å². The number of ether oxygens (including phenoxy) is 1. The molecule has 3 aliphatic heterocycles. The fraction of sp³-hybridized carbons (Fsp3) is 0.793. The van der Waals surface area contributed by atoms with Crippen molar-refractivity contribution in [2.24, 2.45) is 17.3 Å². The maximum absolute atomic E-state index is 13.9. The van der Waals surface area contributed by atoms with Gasteiger partial charge in [-0.05, 0) is 64.2 Å². The van der Waals surface area contributed by atoms with E-state index >= 15 is 0 Å². The Hall–Kier alpha value is -2.43. The predicted molar refractivity (Wildman–Crippen MR) is 147 cm³/mol. The third-order valence-electron chi connectivity index (χ3n) is 9.75. The van der Waals surface area contributed by atoms with E-state index in [0.29, 0.717) is 38.8 Å². The lowest BCUT2D eigenvalue weighted by molar-refractivity contribution is -0.141. The van der Waals surface area contributed by atoms with Gasteiger partial charge in [0.15, 0.2) is 5.78 Å². The molecule has 10 nitrogen and oxygen atoms in total. The largest absolute Gasteiger partial charge is 0.444 e. The molecule has 2 saturated heterocycles. The van der Waals surface area contributed by atoms with Crippen molar-refractivity contribution in [2.75, 3.05) is 19.6 Å². The Morgan fingerprint density at radius 2 is 1.80 bits per heavy atom. The van der Waals surface area contributed by atoms with Crippen LogP contribution in [0.1, 0.15) is 90.9 Å². The Morgan fingerprint density at radius 3 is 2.50 bits per heavy atom. The molecule has 1 N–H and O–H groups in total. The van der Waals surface area contributed by atoms with E-state index in [-0.39, 0.29) is 42.9 Å². The number of hydrogen-bond acceptors (Lipinski definition) is 7. The molecule has 0 aromatic carbocycles. The van der Waals surface area contributed by atoms with Crippen LogP contribution in [-0.4, -0.2) is 78.4 Å². The van der Waals surface area contributed by atoms with Gasteiger partial charge in [0, 0.05) is 31.8 Å². The van der Waals surface area contributed by atoms with Crippen molar-refractivity contribution in [3.63, 3.8) is 0 Å². The van der Waals surface area contributed by atoms with Gasteiger partial charge in [0.2, 0.25) is 21.8 Å². The lowest BCUT2D eigenvalue weighted by Gasteiger charge is -2.28. The van der Waals surface area contributed by atoms with Gasteiger partial charge in [0.1, 0.15) is 6.10 Å². The first kappa shape index (κ1) is 29.1. The van der Waals surface area contributed by atoms with Gasteiger partial charge >= 0.3 is 6.09 Å². The first-order valence-corrected chi connectivity index (χ1v) is 16.5. The number of hydrogen-bond donors (Lipinski definition) is 1. The van der Waals surface area contributed by atoms with Gasteiger partial charge in [-0.3, -0.25) is 19.1 Å². The van der Waals surface area contributed by atoms with Crippen molar-refractivity contribution < 1.29 is 32.3 Å². The summed E-state index contributed by atoms with van der Waals surface area (Å²) in [5, 5.41) is 0. The van der Waals surface area contributed by atoms with E-state index in [2.05, 4.69) is 4.72 Å². The zero-order valence-corrected chi connectivity index (χ0v) is 24.5. The van der Waals surface area contributed by atoms with Crippen LogP contribution >= 0.6 is 0 Å². The molecule has 5 atom stereocenters. The minimum absolute atomic E-state index is 0.138. The van der Waals surface area contributed by atoms with Gasteiger partial charge < -0.3 is 14.5 Å². The molecule has 0 aromatic heterocycles. The first-order valence-electron chi connectivity index (χ1n) is 15.0. The highest BCUT2D eigenvalue weighted by atomic mass is 32.2. The van der Waals surface area contributed by atoms with Crippen molar-refractivity contribution in [1.82, 2.24) is 14.5 Å². The first-order chi connectivity index (χ1) is 19.0. The molecule has 5 aliphatic rings. The molecule has 0 radical (unpaired) electrons. The highest BCUT2D eigenvalue weighted by Gasteiger charge is 2.62. The summed E-state index contributed by atoms with van der Waals surface area (Å²) in [6.07, 6.45) is 10.6. The molecule has 222 valence electrons. The number of carbonyl (C=O) groups excluding carboxylic acids is 4. The van der Waals surface area contributed by atoms with Crippen LogP contribution in [0.2, 0.25) is 0 Å². The second-order valence-corrected chi connectivity index (χ2v) is 15.1. The molecule has 2 aliphatic carbocycles. The van der Waals surface area contributed by atoms with E-state index < -0.39 is 44.3 Å². The maximum Gasteiger partial charge on any atom is 0.410 e. The van der Waals surface area contributed by atoms with Gasteiger partial charge in [0.25, 0.3) is 0 Å². The third-order valence-corrected chi connectivity index (χ3v) is 11.9. The van der Waals surface area contributed by atoms with Gasteiger partial charge in [-0.15, -0.1) is 0 Å². The average molecular weight is 578 g/mol. The minimum Gasteiger partial charge on any atom is -0.444 e. The van der Waals surface area contributed by atoms with Crippen LogP contribution in [0.15, 0.2) is 12.2 Å². The Morgan fingerprint density at radius 1 is 1.07 bits per heavy atom. The predicted octanol–water partition coefficient (Wildman–Crippen LogP) is 3.31. The number of nitrogens with zero attached hydrogens (tertiary/aromatic N) is 2. The molecule has 0 aromatic rings. The number of amides is 3. The normalized spacial score (nSPS) is 35.1. The van der Waals surface area contributed by atoms with Crippen LogP contribution in [0.5, 0.6) is 0 Å². The summed E-state index contributed by atoms with van der Waals surface area (Å²) in [6.45, 7) is 4.93. The number of Topliss-reactive ketones (excluding diaryl/α,β-unsaturated/α-hetero) is 1. The summed E-state index contributed by atoms with van der Waals surface area (Å²) >= 11 is 0. The molecule has 5 rings (SSSR count). The average Bonchev–Trinajstić information content (AvgIpc) is 3.65. The van der Waals surface area contributed by atoms with Crippen molar-refractivity contribution in [3.8, 4) is 0 Å². The number of rotatable bonds is 4. The number of ketones is 1. The van der Waals surface area contributed by atoms with Crippen LogP contribution in [0.3, 0.4) is 0 Å². The highest BCUT2D eigenvalue weighted by molar-refractivity contribution is 7.91. The van der Waals surface area contributed by atoms with Crippen molar-refractivity contribution in [2.45, 2.75) is 108 Å². The van der Waals surface area contributed by atoms with Crippen LogP contribution in [0.25, 0.3) is 0 Å². The Bertz CT molecular complexity index is 1170. The zero-order valence-electron chi connectivity index (χ0n) is 23.7.